The lowest BCUT2D eigenvalue weighted by molar-refractivity contribution is -0.119. The standard InChI is InChI=1S/C14H20N6O3S/c1-10-14(8-16-18(10)3)24(22,23)19-4-5-20-13(9-19)6-12(17-20)7-15-11(2)21/h6,8H,4-5,7,9H2,1-3H3,(H,15,21). The van der Waals surface area contributed by atoms with E-state index in [9.17, 15) is 13.2 Å². The topological polar surface area (TPSA) is 102 Å². The van der Waals surface area contributed by atoms with Crippen molar-refractivity contribution in [2.75, 3.05) is 6.54 Å². The van der Waals surface area contributed by atoms with Gasteiger partial charge >= 0.3 is 0 Å². The van der Waals surface area contributed by atoms with Gasteiger partial charge in [0.2, 0.25) is 15.9 Å². The van der Waals surface area contributed by atoms with Crippen LogP contribution in [-0.4, -0.2) is 44.7 Å². The van der Waals surface area contributed by atoms with E-state index in [0.29, 0.717) is 25.3 Å². The maximum Gasteiger partial charge on any atom is 0.246 e. The first kappa shape index (κ1) is 16.7. The summed E-state index contributed by atoms with van der Waals surface area (Å²) in [6, 6.07) is 1.83. The molecule has 3 rings (SSSR count). The van der Waals surface area contributed by atoms with Crippen LogP contribution in [0, 0.1) is 6.92 Å². The van der Waals surface area contributed by atoms with Crippen LogP contribution in [0.15, 0.2) is 17.2 Å². The van der Waals surface area contributed by atoms with Crippen LogP contribution in [0.5, 0.6) is 0 Å². The smallest absolute Gasteiger partial charge is 0.246 e. The van der Waals surface area contributed by atoms with E-state index < -0.39 is 10.0 Å². The second kappa shape index (κ2) is 6.02. The van der Waals surface area contributed by atoms with Gasteiger partial charge in [0.15, 0.2) is 0 Å². The second-order valence-electron chi connectivity index (χ2n) is 5.82. The fourth-order valence-electron chi connectivity index (χ4n) is 2.68. The monoisotopic (exact) mass is 352 g/mol. The van der Waals surface area contributed by atoms with E-state index in [-0.39, 0.29) is 17.3 Å². The zero-order valence-electron chi connectivity index (χ0n) is 13.9. The molecule has 3 heterocycles. The molecule has 0 atom stereocenters. The molecule has 0 aromatic carbocycles. The molecule has 0 radical (unpaired) electrons. The zero-order chi connectivity index (χ0) is 17.5. The van der Waals surface area contributed by atoms with E-state index >= 15 is 0 Å². The van der Waals surface area contributed by atoms with E-state index in [4.69, 9.17) is 0 Å². The number of sulfonamides is 1. The lowest BCUT2D eigenvalue weighted by Gasteiger charge is -2.26. The molecule has 0 bridgehead atoms. The van der Waals surface area contributed by atoms with Crippen LogP contribution in [0.4, 0.5) is 0 Å². The van der Waals surface area contributed by atoms with E-state index in [2.05, 4.69) is 15.5 Å². The molecule has 1 aliphatic rings. The maximum atomic E-state index is 12.8. The van der Waals surface area contributed by atoms with E-state index in [1.54, 1.807) is 23.3 Å². The van der Waals surface area contributed by atoms with Gasteiger partial charge in [-0.25, -0.2) is 8.42 Å². The number of fused-ring (bicyclic) bond motifs is 1. The molecule has 1 N–H and O–H groups in total. The Morgan fingerprint density at radius 2 is 2.12 bits per heavy atom. The predicted molar refractivity (Wildman–Crippen MR) is 85.3 cm³/mol. The van der Waals surface area contributed by atoms with Crippen molar-refractivity contribution >= 4 is 15.9 Å². The highest BCUT2D eigenvalue weighted by Crippen LogP contribution is 2.23. The zero-order valence-corrected chi connectivity index (χ0v) is 14.7. The fraction of sp³-hybridized carbons (Fsp3) is 0.500. The van der Waals surface area contributed by atoms with E-state index in [1.165, 1.54) is 17.4 Å². The first-order chi connectivity index (χ1) is 11.3. The van der Waals surface area contributed by atoms with Crippen LogP contribution in [-0.2, 0) is 41.5 Å². The Labute approximate surface area is 140 Å². The molecule has 0 unspecified atom stereocenters. The van der Waals surface area contributed by atoms with Gasteiger partial charge in [-0.05, 0) is 13.0 Å². The number of carbonyl (C=O) groups excluding carboxylic acids is 1. The molecule has 0 spiro atoms. The lowest BCUT2D eigenvalue weighted by atomic mass is 10.3. The highest BCUT2D eigenvalue weighted by molar-refractivity contribution is 7.89. The van der Waals surface area contributed by atoms with Gasteiger partial charge in [0, 0.05) is 20.5 Å². The molecule has 0 saturated heterocycles. The molecule has 2 aromatic heterocycles. The average Bonchev–Trinajstić information content (AvgIpc) is 3.08. The summed E-state index contributed by atoms with van der Waals surface area (Å²) in [7, 11) is -1.88. The molecule has 1 amide bonds. The summed E-state index contributed by atoms with van der Waals surface area (Å²) < 4.78 is 30.5. The molecular weight excluding hydrogens is 332 g/mol. The Hall–Kier alpha value is -2.20. The minimum atomic E-state index is -3.59. The third-order valence-corrected chi connectivity index (χ3v) is 6.09. The Bertz CT molecular complexity index is 882. The summed E-state index contributed by atoms with van der Waals surface area (Å²) in [6.07, 6.45) is 1.39. The number of aryl methyl sites for hydroxylation is 1. The molecule has 0 saturated carbocycles. The van der Waals surface area contributed by atoms with Crippen molar-refractivity contribution in [3.8, 4) is 0 Å². The van der Waals surface area contributed by atoms with Crippen molar-refractivity contribution in [2.24, 2.45) is 7.05 Å². The van der Waals surface area contributed by atoms with Crippen LogP contribution in [0.1, 0.15) is 24.0 Å². The van der Waals surface area contributed by atoms with Crippen molar-refractivity contribution in [3.63, 3.8) is 0 Å². The fourth-order valence-corrected chi connectivity index (χ4v) is 4.27. The minimum Gasteiger partial charge on any atom is -0.351 e. The van der Waals surface area contributed by atoms with Crippen molar-refractivity contribution in [3.05, 3.63) is 29.3 Å². The third kappa shape index (κ3) is 2.94. The van der Waals surface area contributed by atoms with Gasteiger partial charge < -0.3 is 5.32 Å². The van der Waals surface area contributed by atoms with Crippen molar-refractivity contribution in [2.45, 2.75) is 38.4 Å². The molecule has 9 nitrogen and oxygen atoms in total. The summed E-state index contributed by atoms with van der Waals surface area (Å²) in [5, 5.41) is 11.1. The average molecular weight is 352 g/mol. The van der Waals surface area contributed by atoms with Gasteiger partial charge in [-0.1, -0.05) is 0 Å². The number of hydrogen-bond acceptors (Lipinski definition) is 5. The van der Waals surface area contributed by atoms with Gasteiger partial charge in [0.1, 0.15) is 4.90 Å². The second-order valence-corrected chi connectivity index (χ2v) is 7.72. The van der Waals surface area contributed by atoms with Crippen molar-refractivity contribution < 1.29 is 13.2 Å². The maximum absolute atomic E-state index is 12.8. The Morgan fingerprint density at radius 1 is 1.38 bits per heavy atom. The van der Waals surface area contributed by atoms with Crippen LogP contribution in [0.3, 0.4) is 0 Å². The number of nitrogens with one attached hydrogen (secondary N) is 1. The summed E-state index contributed by atoms with van der Waals surface area (Å²) in [5.41, 5.74) is 2.14. The number of carbonyl (C=O) groups is 1. The van der Waals surface area contributed by atoms with Crippen molar-refractivity contribution in [1.82, 2.24) is 29.2 Å². The molecule has 130 valence electrons. The Balaban J connectivity index is 1.82. The van der Waals surface area contributed by atoms with Gasteiger partial charge in [-0.2, -0.15) is 14.5 Å². The molecule has 0 fully saturated rings. The molecule has 24 heavy (non-hydrogen) atoms. The van der Waals surface area contributed by atoms with Crippen molar-refractivity contribution in [1.29, 1.82) is 0 Å². The first-order valence-electron chi connectivity index (χ1n) is 7.58. The SMILES string of the molecule is CC(=O)NCc1cc2n(n1)CCN(S(=O)(=O)c1cnn(C)c1C)C2. The first-order valence-corrected chi connectivity index (χ1v) is 9.02. The number of rotatable bonds is 4. The summed E-state index contributed by atoms with van der Waals surface area (Å²) >= 11 is 0. The molecular formula is C14H20N6O3S. The van der Waals surface area contributed by atoms with Gasteiger partial charge in [0.25, 0.3) is 0 Å². The normalized spacial score (nSPS) is 15.3. The van der Waals surface area contributed by atoms with Crippen LogP contribution < -0.4 is 5.32 Å². The third-order valence-electron chi connectivity index (χ3n) is 4.14. The highest BCUT2D eigenvalue weighted by Gasteiger charge is 2.31. The largest absolute Gasteiger partial charge is 0.351 e. The number of amides is 1. The van der Waals surface area contributed by atoms with Gasteiger partial charge in [-0.15, -0.1) is 0 Å². The lowest BCUT2D eigenvalue weighted by Crippen LogP contribution is -2.38. The summed E-state index contributed by atoms with van der Waals surface area (Å²) in [6.45, 7) is 4.60. The summed E-state index contributed by atoms with van der Waals surface area (Å²) in [5.74, 6) is -0.128. The number of nitrogens with zero attached hydrogens (tertiary/aromatic N) is 5. The van der Waals surface area contributed by atoms with Gasteiger partial charge in [-0.3, -0.25) is 14.2 Å². The highest BCUT2D eigenvalue weighted by atomic mass is 32.2. The number of aromatic nitrogens is 4. The number of hydrogen-bond donors (Lipinski definition) is 1. The van der Waals surface area contributed by atoms with E-state index in [0.717, 1.165) is 11.4 Å². The minimum absolute atomic E-state index is 0.128. The molecule has 0 aliphatic carbocycles. The quantitative estimate of drug-likeness (QED) is 0.819. The Morgan fingerprint density at radius 3 is 2.75 bits per heavy atom. The molecule has 1 aliphatic heterocycles. The Kier molecular flexibility index (Phi) is 4.18. The van der Waals surface area contributed by atoms with Crippen LogP contribution in [0.25, 0.3) is 0 Å². The molecule has 2 aromatic rings. The summed E-state index contributed by atoms with van der Waals surface area (Å²) in [4.78, 5) is 11.2. The van der Waals surface area contributed by atoms with Crippen LogP contribution in [0.2, 0.25) is 0 Å². The van der Waals surface area contributed by atoms with Crippen LogP contribution >= 0.6 is 0 Å². The van der Waals surface area contributed by atoms with Gasteiger partial charge in [0.05, 0.1) is 42.9 Å². The molecule has 10 heteroatoms. The predicted octanol–water partition coefficient (Wildman–Crippen LogP) is -0.234. The van der Waals surface area contributed by atoms with E-state index in [1.807, 2.05) is 6.07 Å².